The number of sulfonamides is 1. The van der Waals surface area contributed by atoms with Crippen LogP contribution in [0.2, 0.25) is 0 Å². The minimum absolute atomic E-state index is 0.211. The third-order valence-electron chi connectivity index (χ3n) is 5.83. The van der Waals surface area contributed by atoms with Gasteiger partial charge in [-0.3, -0.25) is 10.1 Å². The largest absolute Gasteiger partial charge is 0.298 e. The van der Waals surface area contributed by atoms with Gasteiger partial charge in [0.05, 0.1) is 30.3 Å². The minimum Gasteiger partial charge on any atom is -0.298 e. The van der Waals surface area contributed by atoms with Crippen molar-refractivity contribution in [2.75, 3.05) is 18.4 Å². The van der Waals surface area contributed by atoms with Gasteiger partial charge in [-0.05, 0) is 61.6 Å². The summed E-state index contributed by atoms with van der Waals surface area (Å²) in [6.45, 7) is 7.18. The Morgan fingerprint density at radius 2 is 1.58 bits per heavy atom. The molecule has 0 saturated carbocycles. The van der Waals surface area contributed by atoms with Gasteiger partial charge in [-0.25, -0.2) is 18.4 Å². The van der Waals surface area contributed by atoms with Crippen molar-refractivity contribution in [3.63, 3.8) is 0 Å². The van der Waals surface area contributed by atoms with E-state index in [1.165, 1.54) is 23.5 Å². The Balaban J connectivity index is 1.35. The van der Waals surface area contributed by atoms with Crippen LogP contribution >= 0.6 is 22.7 Å². The van der Waals surface area contributed by atoms with Gasteiger partial charge in [0.1, 0.15) is 0 Å². The number of nitrogens with zero attached hydrogens (tertiary/aromatic N) is 3. The first-order valence-electron chi connectivity index (χ1n) is 10.8. The van der Waals surface area contributed by atoms with Crippen LogP contribution in [-0.4, -0.2) is 41.7 Å². The molecule has 1 amide bonds. The number of thiazole rings is 2. The van der Waals surface area contributed by atoms with Crippen molar-refractivity contribution in [3.8, 4) is 0 Å². The molecule has 2 aromatic carbocycles. The maximum Gasteiger partial charge on any atom is 0.257 e. The fourth-order valence-electron chi connectivity index (χ4n) is 4.44. The Labute approximate surface area is 200 Å². The van der Waals surface area contributed by atoms with E-state index in [1.54, 1.807) is 27.8 Å². The molecule has 3 heterocycles. The quantitative estimate of drug-likeness (QED) is 0.419. The molecule has 1 fully saturated rings. The molecule has 2 unspecified atom stereocenters. The van der Waals surface area contributed by atoms with E-state index in [1.807, 2.05) is 19.1 Å². The summed E-state index contributed by atoms with van der Waals surface area (Å²) in [5, 5.41) is 4.33. The summed E-state index contributed by atoms with van der Waals surface area (Å²) in [7, 11) is -3.58. The number of piperidine rings is 1. The zero-order valence-electron chi connectivity index (χ0n) is 18.5. The van der Waals surface area contributed by atoms with Crippen molar-refractivity contribution in [2.24, 2.45) is 11.8 Å². The number of benzene rings is 2. The van der Waals surface area contributed by atoms with Crippen LogP contribution in [0, 0.1) is 18.8 Å². The zero-order chi connectivity index (χ0) is 23.3. The third-order valence-corrected chi connectivity index (χ3v) is 9.81. The summed E-state index contributed by atoms with van der Waals surface area (Å²) in [5.74, 6) is 0.338. The molecule has 0 spiro atoms. The maximum atomic E-state index is 13.1. The van der Waals surface area contributed by atoms with Gasteiger partial charge in [-0.2, -0.15) is 4.31 Å². The number of nitrogens with one attached hydrogen (secondary N) is 1. The van der Waals surface area contributed by atoms with Gasteiger partial charge in [-0.15, -0.1) is 11.3 Å². The van der Waals surface area contributed by atoms with E-state index in [0.29, 0.717) is 35.6 Å². The number of hydrogen-bond acceptors (Lipinski definition) is 7. The molecule has 0 radical (unpaired) electrons. The summed E-state index contributed by atoms with van der Waals surface area (Å²) < 4.78 is 29.8. The normalized spacial score (nSPS) is 19.8. The lowest BCUT2D eigenvalue weighted by Crippen LogP contribution is -2.42. The molecule has 1 aliphatic heterocycles. The fourth-order valence-corrected chi connectivity index (χ4v) is 8.12. The molecular formula is C23H24N4O3S3. The second-order valence-electron chi connectivity index (χ2n) is 8.76. The summed E-state index contributed by atoms with van der Waals surface area (Å²) in [4.78, 5) is 22.0. The van der Waals surface area contributed by atoms with E-state index in [4.69, 9.17) is 0 Å². The molecule has 10 heteroatoms. The lowest BCUT2D eigenvalue weighted by Gasteiger charge is -2.34. The molecule has 1 N–H and O–H groups in total. The minimum atomic E-state index is -3.58. The Hall–Kier alpha value is -2.40. The highest BCUT2D eigenvalue weighted by Crippen LogP contribution is 2.36. The molecule has 172 valence electrons. The number of rotatable bonds is 4. The smallest absolute Gasteiger partial charge is 0.257 e. The van der Waals surface area contributed by atoms with Crippen LogP contribution < -0.4 is 5.32 Å². The number of carbonyl (C=O) groups excluding carboxylic acids is 1. The van der Waals surface area contributed by atoms with Crippen LogP contribution in [0.3, 0.4) is 0 Å². The summed E-state index contributed by atoms with van der Waals surface area (Å²) in [6.07, 6.45) is 1.03. The van der Waals surface area contributed by atoms with Gasteiger partial charge >= 0.3 is 0 Å². The molecule has 7 nitrogen and oxygen atoms in total. The predicted octanol–water partition coefficient (Wildman–Crippen LogP) is 5.13. The van der Waals surface area contributed by atoms with Gasteiger partial charge in [0.2, 0.25) is 10.0 Å². The van der Waals surface area contributed by atoms with E-state index in [0.717, 1.165) is 31.9 Å². The molecule has 0 aliphatic carbocycles. The van der Waals surface area contributed by atoms with Crippen molar-refractivity contribution in [1.82, 2.24) is 14.3 Å². The third kappa shape index (κ3) is 4.28. The van der Waals surface area contributed by atoms with E-state index < -0.39 is 10.0 Å². The number of fused-ring (bicyclic) bond motifs is 3. The fraction of sp³-hybridized carbons (Fsp3) is 0.348. The van der Waals surface area contributed by atoms with Crippen molar-refractivity contribution in [1.29, 1.82) is 0 Å². The number of carbonyl (C=O) groups is 1. The first-order chi connectivity index (χ1) is 15.7. The highest BCUT2D eigenvalue weighted by atomic mass is 32.2. The van der Waals surface area contributed by atoms with E-state index in [9.17, 15) is 13.2 Å². The number of anilines is 1. The van der Waals surface area contributed by atoms with Gasteiger partial charge < -0.3 is 0 Å². The molecular weight excluding hydrogens is 476 g/mol. The van der Waals surface area contributed by atoms with Gasteiger partial charge in [-0.1, -0.05) is 25.2 Å². The monoisotopic (exact) mass is 500 g/mol. The van der Waals surface area contributed by atoms with Crippen molar-refractivity contribution < 1.29 is 13.2 Å². The Bertz CT molecular complexity index is 1450. The topological polar surface area (TPSA) is 92.3 Å². The molecule has 5 rings (SSSR count). The van der Waals surface area contributed by atoms with Crippen LogP contribution in [-0.2, 0) is 10.0 Å². The SMILES string of the molecule is Cc1nc2ccc3nc(NC(=O)c4ccc(S(=O)(=O)N5CC(C)CC(C)C5)cc4)sc3c2s1. The van der Waals surface area contributed by atoms with Crippen LogP contribution in [0.1, 0.15) is 35.6 Å². The number of aromatic nitrogens is 2. The molecule has 1 aliphatic rings. The Morgan fingerprint density at radius 3 is 2.24 bits per heavy atom. The molecule has 4 aromatic rings. The summed E-state index contributed by atoms with van der Waals surface area (Å²) >= 11 is 3.03. The van der Waals surface area contributed by atoms with Crippen LogP contribution in [0.25, 0.3) is 20.4 Å². The number of hydrogen-bond donors (Lipinski definition) is 1. The first kappa shape index (κ1) is 22.4. The zero-order valence-corrected chi connectivity index (χ0v) is 21.0. The second-order valence-corrected chi connectivity index (χ2v) is 12.9. The average Bonchev–Trinajstić information content (AvgIpc) is 3.35. The molecule has 2 atom stereocenters. The van der Waals surface area contributed by atoms with Crippen molar-refractivity contribution in [3.05, 3.63) is 47.0 Å². The van der Waals surface area contributed by atoms with Crippen LogP contribution in [0.15, 0.2) is 41.3 Å². The van der Waals surface area contributed by atoms with Crippen molar-refractivity contribution in [2.45, 2.75) is 32.1 Å². The molecule has 2 aromatic heterocycles. The van der Waals surface area contributed by atoms with E-state index in [2.05, 4.69) is 29.1 Å². The highest BCUT2D eigenvalue weighted by molar-refractivity contribution is 7.89. The lowest BCUT2D eigenvalue weighted by molar-refractivity contribution is 0.102. The summed E-state index contributed by atoms with van der Waals surface area (Å²) in [6, 6.07) is 9.97. The maximum absolute atomic E-state index is 13.1. The molecule has 33 heavy (non-hydrogen) atoms. The lowest BCUT2D eigenvalue weighted by atomic mass is 9.94. The van der Waals surface area contributed by atoms with Gasteiger partial charge in [0, 0.05) is 18.7 Å². The highest BCUT2D eigenvalue weighted by Gasteiger charge is 2.31. The van der Waals surface area contributed by atoms with E-state index >= 15 is 0 Å². The molecule has 0 bridgehead atoms. The van der Waals surface area contributed by atoms with Crippen LogP contribution in [0.5, 0.6) is 0 Å². The second kappa shape index (κ2) is 8.43. The van der Waals surface area contributed by atoms with E-state index in [-0.39, 0.29) is 10.8 Å². The summed E-state index contributed by atoms with van der Waals surface area (Å²) in [5.41, 5.74) is 2.13. The Kier molecular flexibility index (Phi) is 5.72. The average molecular weight is 501 g/mol. The van der Waals surface area contributed by atoms with Crippen molar-refractivity contribution >= 4 is 64.2 Å². The first-order valence-corrected chi connectivity index (χ1v) is 13.9. The predicted molar refractivity (Wildman–Crippen MR) is 134 cm³/mol. The van der Waals surface area contributed by atoms with Gasteiger partial charge in [0.15, 0.2) is 5.13 Å². The Morgan fingerprint density at radius 1 is 0.970 bits per heavy atom. The number of amides is 1. The molecule has 1 saturated heterocycles. The van der Waals surface area contributed by atoms with Crippen LogP contribution in [0.4, 0.5) is 5.13 Å². The number of aryl methyl sites for hydroxylation is 1. The van der Waals surface area contributed by atoms with Gasteiger partial charge in [0.25, 0.3) is 5.91 Å². The standard InChI is InChI=1S/C23H24N4O3S3/c1-13-10-14(2)12-27(11-13)33(29,30)17-6-4-16(5-7-17)22(28)26-23-25-19-9-8-18-20(21(19)32-23)31-15(3)24-18/h4-9,13-14H,10-12H2,1-3H3,(H,25,26,28).